The average Bonchev–Trinajstić information content (AvgIpc) is 3.37. The standard InChI is InChI=1S/C27H27N3O3/c1-30(2)14-6-16-32-21-12-10-20(11-13-21)18-28-19-26(31)23-17-25(27-9-5-15-33-27)29-24-8-4-3-7-22(23)24/h3-5,7-13,15,17-18H,6,14,16,19H2,1-2H3. The third-order valence-electron chi connectivity index (χ3n) is 5.16. The molecule has 0 saturated heterocycles. The molecule has 0 fully saturated rings. The van der Waals surface area contributed by atoms with Crippen molar-refractivity contribution in [1.82, 2.24) is 9.88 Å². The molecule has 2 aromatic heterocycles. The normalized spacial score (nSPS) is 11.5. The monoisotopic (exact) mass is 441 g/mol. The lowest BCUT2D eigenvalue weighted by atomic mass is 10.0. The largest absolute Gasteiger partial charge is 0.494 e. The van der Waals surface area contributed by atoms with Gasteiger partial charge < -0.3 is 14.1 Å². The quantitative estimate of drug-likeness (QED) is 0.194. The van der Waals surface area contributed by atoms with Crippen LogP contribution in [0.1, 0.15) is 22.3 Å². The molecule has 0 aliphatic rings. The summed E-state index contributed by atoms with van der Waals surface area (Å²) >= 11 is 0. The number of benzene rings is 2. The van der Waals surface area contributed by atoms with E-state index in [4.69, 9.17) is 9.15 Å². The number of ether oxygens (including phenoxy) is 1. The van der Waals surface area contributed by atoms with Gasteiger partial charge in [0.1, 0.15) is 18.0 Å². The molecule has 6 heteroatoms. The molecule has 2 heterocycles. The molecule has 0 aliphatic heterocycles. The van der Waals surface area contributed by atoms with Gasteiger partial charge in [0.15, 0.2) is 11.5 Å². The highest BCUT2D eigenvalue weighted by atomic mass is 16.5. The predicted octanol–water partition coefficient (Wildman–Crippen LogP) is 5.13. The van der Waals surface area contributed by atoms with Gasteiger partial charge in [0.2, 0.25) is 0 Å². The summed E-state index contributed by atoms with van der Waals surface area (Å²) in [6.45, 7) is 1.73. The Morgan fingerprint density at radius 1 is 1.09 bits per heavy atom. The Morgan fingerprint density at radius 2 is 1.91 bits per heavy atom. The van der Waals surface area contributed by atoms with E-state index in [2.05, 4.69) is 14.9 Å². The van der Waals surface area contributed by atoms with Gasteiger partial charge in [-0.15, -0.1) is 0 Å². The van der Waals surface area contributed by atoms with Crippen molar-refractivity contribution in [2.75, 3.05) is 33.8 Å². The second kappa shape index (κ2) is 10.7. The molecule has 0 spiro atoms. The molecule has 0 atom stereocenters. The van der Waals surface area contributed by atoms with Gasteiger partial charge in [-0.1, -0.05) is 18.2 Å². The van der Waals surface area contributed by atoms with Crippen LogP contribution in [0, 0.1) is 0 Å². The van der Waals surface area contributed by atoms with Crippen molar-refractivity contribution in [3.05, 3.63) is 84.1 Å². The second-order valence-corrected chi connectivity index (χ2v) is 8.02. The van der Waals surface area contributed by atoms with Crippen molar-refractivity contribution < 1.29 is 13.9 Å². The number of aliphatic imine (C=N–C) groups is 1. The van der Waals surface area contributed by atoms with Crippen molar-refractivity contribution in [3.8, 4) is 17.2 Å². The van der Waals surface area contributed by atoms with Crippen LogP contribution < -0.4 is 4.74 Å². The molecule has 0 amide bonds. The van der Waals surface area contributed by atoms with Crippen molar-refractivity contribution in [3.63, 3.8) is 0 Å². The molecule has 6 nitrogen and oxygen atoms in total. The average molecular weight is 442 g/mol. The number of carbonyl (C=O) groups is 1. The van der Waals surface area contributed by atoms with Crippen LogP contribution in [0.15, 0.2) is 82.4 Å². The minimum Gasteiger partial charge on any atom is -0.494 e. The summed E-state index contributed by atoms with van der Waals surface area (Å²) in [6, 6.07) is 20.7. The summed E-state index contributed by atoms with van der Waals surface area (Å²) in [7, 11) is 4.10. The fraction of sp³-hybridized carbons (Fsp3) is 0.222. The Kier molecular flexibility index (Phi) is 7.27. The van der Waals surface area contributed by atoms with E-state index in [0.29, 0.717) is 23.6 Å². The number of nitrogens with zero attached hydrogens (tertiary/aromatic N) is 3. The Hall–Kier alpha value is -3.77. The minimum atomic E-state index is -0.0708. The molecule has 0 unspecified atom stereocenters. The van der Waals surface area contributed by atoms with E-state index in [1.807, 2.05) is 68.7 Å². The zero-order chi connectivity index (χ0) is 23.0. The number of hydrogen-bond donors (Lipinski definition) is 0. The third kappa shape index (κ3) is 5.93. The van der Waals surface area contributed by atoms with E-state index in [1.54, 1.807) is 24.6 Å². The van der Waals surface area contributed by atoms with E-state index < -0.39 is 0 Å². The Bertz CT molecular complexity index is 1230. The fourth-order valence-corrected chi connectivity index (χ4v) is 3.50. The van der Waals surface area contributed by atoms with Gasteiger partial charge in [-0.25, -0.2) is 4.98 Å². The summed E-state index contributed by atoms with van der Waals surface area (Å²) in [4.78, 5) is 24.2. The molecular formula is C27H27N3O3. The number of para-hydroxylation sites is 1. The maximum atomic E-state index is 13.0. The Labute approximate surface area is 193 Å². The van der Waals surface area contributed by atoms with Gasteiger partial charge >= 0.3 is 0 Å². The highest BCUT2D eigenvalue weighted by Gasteiger charge is 2.14. The second-order valence-electron chi connectivity index (χ2n) is 8.02. The number of ketones is 1. The summed E-state index contributed by atoms with van der Waals surface area (Å²) in [6.07, 6.45) is 4.28. The summed E-state index contributed by atoms with van der Waals surface area (Å²) in [5.74, 6) is 1.39. The molecule has 2 aromatic carbocycles. The Balaban J connectivity index is 1.42. The lowest BCUT2D eigenvalue weighted by molar-refractivity contribution is 0.100. The van der Waals surface area contributed by atoms with E-state index in [-0.39, 0.29) is 12.3 Å². The summed E-state index contributed by atoms with van der Waals surface area (Å²) in [5.41, 5.74) is 2.89. The first-order valence-corrected chi connectivity index (χ1v) is 10.9. The predicted molar refractivity (Wildman–Crippen MR) is 131 cm³/mol. The molecule has 0 radical (unpaired) electrons. The number of aromatic nitrogens is 1. The van der Waals surface area contributed by atoms with Crippen LogP contribution in [0.3, 0.4) is 0 Å². The maximum absolute atomic E-state index is 13.0. The molecule has 33 heavy (non-hydrogen) atoms. The summed E-state index contributed by atoms with van der Waals surface area (Å²) < 4.78 is 11.2. The van der Waals surface area contributed by atoms with Gasteiger partial charge in [0, 0.05) is 23.7 Å². The molecular weight excluding hydrogens is 414 g/mol. The number of carbonyl (C=O) groups excluding carboxylic acids is 1. The number of pyridine rings is 1. The van der Waals surface area contributed by atoms with E-state index >= 15 is 0 Å². The van der Waals surface area contributed by atoms with Gasteiger partial charge in [-0.05, 0) is 74.6 Å². The van der Waals surface area contributed by atoms with Gasteiger partial charge in [-0.3, -0.25) is 9.79 Å². The first-order valence-electron chi connectivity index (χ1n) is 10.9. The lowest BCUT2D eigenvalue weighted by Crippen LogP contribution is -2.15. The first-order chi connectivity index (χ1) is 16.1. The molecule has 0 saturated carbocycles. The highest BCUT2D eigenvalue weighted by molar-refractivity contribution is 6.09. The third-order valence-corrected chi connectivity index (χ3v) is 5.16. The van der Waals surface area contributed by atoms with Crippen LogP contribution in [-0.2, 0) is 0 Å². The molecule has 4 aromatic rings. The van der Waals surface area contributed by atoms with Crippen molar-refractivity contribution >= 4 is 22.9 Å². The van der Waals surface area contributed by atoms with Gasteiger partial charge in [0.05, 0.1) is 18.4 Å². The minimum absolute atomic E-state index is 0.0500. The highest BCUT2D eigenvalue weighted by Crippen LogP contribution is 2.25. The van der Waals surface area contributed by atoms with Crippen LogP contribution in [0.25, 0.3) is 22.4 Å². The SMILES string of the molecule is CN(C)CCCOc1ccc(C=NCC(=O)c2cc(-c3ccco3)nc3ccccc23)cc1. The number of hydrogen-bond acceptors (Lipinski definition) is 6. The van der Waals surface area contributed by atoms with E-state index in [9.17, 15) is 4.79 Å². The van der Waals surface area contributed by atoms with Crippen LogP contribution in [0.4, 0.5) is 0 Å². The Morgan fingerprint density at radius 3 is 2.67 bits per heavy atom. The van der Waals surface area contributed by atoms with Crippen LogP contribution in [0.2, 0.25) is 0 Å². The number of Topliss-reactive ketones (excluding diaryl/α,β-unsaturated/α-hetero) is 1. The number of fused-ring (bicyclic) bond motifs is 1. The van der Waals surface area contributed by atoms with Crippen molar-refractivity contribution in [2.45, 2.75) is 6.42 Å². The molecule has 0 aliphatic carbocycles. The smallest absolute Gasteiger partial charge is 0.184 e. The van der Waals surface area contributed by atoms with Crippen molar-refractivity contribution in [1.29, 1.82) is 0 Å². The topological polar surface area (TPSA) is 67.9 Å². The van der Waals surface area contributed by atoms with E-state index in [1.165, 1.54) is 0 Å². The lowest BCUT2D eigenvalue weighted by Gasteiger charge is -2.10. The molecule has 168 valence electrons. The van der Waals surface area contributed by atoms with Gasteiger partial charge in [0.25, 0.3) is 0 Å². The zero-order valence-corrected chi connectivity index (χ0v) is 18.9. The molecule has 4 rings (SSSR count). The fourth-order valence-electron chi connectivity index (χ4n) is 3.50. The van der Waals surface area contributed by atoms with Crippen molar-refractivity contribution in [2.24, 2.45) is 4.99 Å². The van der Waals surface area contributed by atoms with Gasteiger partial charge in [-0.2, -0.15) is 0 Å². The van der Waals surface area contributed by atoms with Crippen LogP contribution in [-0.4, -0.2) is 55.7 Å². The maximum Gasteiger partial charge on any atom is 0.184 e. The van der Waals surface area contributed by atoms with Crippen LogP contribution in [0.5, 0.6) is 5.75 Å². The number of rotatable bonds is 10. The first kappa shape index (κ1) is 22.4. The van der Waals surface area contributed by atoms with E-state index in [0.717, 1.165) is 35.2 Å². The zero-order valence-electron chi connectivity index (χ0n) is 18.9. The summed E-state index contributed by atoms with van der Waals surface area (Å²) in [5, 5.41) is 0.809. The number of furan rings is 1. The molecule has 0 bridgehead atoms. The van der Waals surface area contributed by atoms with Crippen LogP contribution >= 0.6 is 0 Å². The molecule has 0 N–H and O–H groups in total.